The first kappa shape index (κ1) is 23.5. The molecule has 1 N–H and O–H groups in total. The van der Waals surface area contributed by atoms with Gasteiger partial charge in [0.25, 0.3) is 10.0 Å². The highest BCUT2D eigenvalue weighted by atomic mass is 32.2. The maximum absolute atomic E-state index is 13.5. The summed E-state index contributed by atoms with van der Waals surface area (Å²) in [6.45, 7) is 5.37. The van der Waals surface area contributed by atoms with Crippen molar-refractivity contribution in [2.24, 2.45) is 0 Å². The zero-order valence-corrected chi connectivity index (χ0v) is 19.2. The highest BCUT2D eigenvalue weighted by Gasteiger charge is 2.28. The molecule has 3 rings (SSSR count). The fraction of sp³-hybridized carbons (Fsp3) is 0.240. The first-order valence-corrected chi connectivity index (χ1v) is 11.9. The third kappa shape index (κ3) is 5.53. The molecule has 3 aromatic rings. The van der Waals surface area contributed by atoms with E-state index in [0.717, 1.165) is 21.0 Å². The SMILES string of the molecule is CCC(NC(=O)CN(c1ccc(F)cc1)S(=O)(=O)c1ccc(C)cc1)c1ccc(C)cc1. The van der Waals surface area contributed by atoms with Crippen molar-refractivity contribution in [3.8, 4) is 0 Å². The number of halogens is 1. The summed E-state index contributed by atoms with van der Waals surface area (Å²) < 4.78 is 41.2. The van der Waals surface area contributed by atoms with E-state index in [0.29, 0.717) is 6.42 Å². The van der Waals surface area contributed by atoms with E-state index in [1.54, 1.807) is 12.1 Å². The van der Waals surface area contributed by atoms with Crippen LogP contribution in [0.3, 0.4) is 0 Å². The van der Waals surface area contributed by atoms with Gasteiger partial charge in [0, 0.05) is 0 Å². The van der Waals surface area contributed by atoms with Crippen molar-refractivity contribution in [3.05, 3.63) is 95.3 Å². The normalized spacial score (nSPS) is 12.2. The summed E-state index contributed by atoms with van der Waals surface area (Å²) >= 11 is 0. The molecule has 0 heterocycles. The lowest BCUT2D eigenvalue weighted by molar-refractivity contribution is -0.120. The van der Waals surface area contributed by atoms with Crippen molar-refractivity contribution < 1.29 is 17.6 Å². The molecule has 5 nitrogen and oxygen atoms in total. The van der Waals surface area contributed by atoms with Gasteiger partial charge >= 0.3 is 0 Å². The van der Waals surface area contributed by atoms with Crippen LogP contribution in [0.25, 0.3) is 0 Å². The minimum atomic E-state index is -4.04. The second-order valence-electron chi connectivity index (χ2n) is 7.74. The number of benzene rings is 3. The van der Waals surface area contributed by atoms with Crippen molar-refractivity contribution in [1.29, 1.82) is 0 Å². The van der Waals surface area contributed by atoms with Gasteiger partial charge in [0.1, 0.15) is 12.4 Å². The van der Waals surface area contributed by atoms with E-state index in [4.69, 9.17) is 0 Å². The van der Waals surface area contributed by atoms with E-state index < -0.39 is 28.3 Å². The van der Waals surface area contributed by atoms with Gasteiger partial charge in [0.2, 0.25) is 5.91 Å². The second-order valence-corrected chi connectivity index (χ2v) is 9.60. The number of aryl methyl sites for hydroxylation is 2. The molecule has 0 radical (unpaired) electrons. The van der Waals surface area contributed by atoms with Crippen molar-refractivity contribution in [2.45, 2.75) is 38.1 Å². The minimum absolute atomic E-state index is 0.0609. The van der Waals surface area contributed by atoms with Crippen LogP contribution in [0.5, 0.6) is 0 Å². The van der Waals surface area contributed by atoms with Gasteiger partial charge in [-0.3, -0.25) is 9.10 Å². The average Bonchev–Trinajstić information content (AvgIpc) is 2.77. The Bertz CT molecular complexity index is 1160. The summed E-state index contributed by atoms with van der Waals surface area (Å²) in [7, 11) is -4.04. The highest BCUT2D eigenvalue weighted by Crippen LogP contribution is 2.25. The van der Waals surface area contributed by atoms with E-state index in [1.807, 2.05) is 45.0 Å². The van der Waals surface area contributed by atoms with Crippen molar-refractivity contribution in [3.63, 3.8) is 0 Å². The molecule has 7 heteroatoms. The molecular formula is C25H27FN2O3S. The maximum Gasteiger partial charge on any atom is 0.264 e. The van der Waals surface area contributed by atoms with Crippen molar-refractivity contribution in [1.82, 2.24) is 5.32 Å². The van der Waals surface area contributed by atoms with E-state index >= 15 is 0 Å². The second kappa shape index (κ2) is 9.96. The van der Waals surface area contributed by atoms with Gasteiger partial charge in [-0.1, -0.05) is 54.4 Å². The Morgan fingerprint density at radius 2 is 1.44 bits per heavy atom. The molecule has 0 aromatic heterocycles. The molecule has 0 bridgehead atoms. The Balaban J connectivity index is 1.89. The molecular weight excluding hydrogens is 427 g/mol. The van der Waals surface area contributed by atoms with Crippen molar-refractivity contribution in [2.75, 3.05) is 10.8 Å². The molecule has 32 heavy (non-hydrogen) atoms. The summed E-state index contributed by atoms with van der Waals surface area (Å²) in [6.07, 6.45) is 0.649. The average molecular weight is 455 g/mol. The number of sulfonamides is 1. The predicted molar refractivity (Wildman–Crippen MR) is 124 cm³/mol. The summed E-state index contributed by atoms with van der Waals surface area (Å²) in [5.74, 6) is -0.936. The third-order valence-corrected chi connectivity index (χ3v) is 7.02. The Kier molecular flexibility index (Phi) is 7.30. The van der Waals surface area contributed by atoms with Gasteiger partial charge in [0.05, 0.1) is 16.6 Å². The van der Waals surface area contributed by atoms with Gasteiger partial charge in [0.15, 0.2) is 0 Å². The Hall–Kier alpha value is -3.19. The zero-order chi connectivity index (χ0) is 23.3. The van der Waals surface area contributed by atoms with E-state index in [-0.39, 0.29) is 16.6 Å². The molecule has 0 spiro atoms. The molecule has 0 aliphatic carbocycles. The number of hydrogen-bond donors (Lipinski definition) is 1. The Labute approximate surface area is 188 Å². The first-order chi connectivity index (χ1) is 15.2. The number of carbonyl (C=O) groups excluding carboxylic acids is 1. The third-order valence-electron chi connectivity index (χ3n) is 5.23. The number of nitrogens with one attached hydrogen (secondary N) is 1. The summed E-state index contributed by atoms with van der Waals surface area (Å²) in [5, 5.41) is 2.93. The molecule has 168 valence electrons. The van der Waals surface area contributed by atoms with E-state index in [1.165, 1.54) is 36.4 Å². The highest BCUT2D eigenvalue weighted by molar-refractivity contribution is 7.92. The topological polar surface area (TPSA) is 66.5 Å². The molecule has 0 saturated carbocycles. The fourth-order valence-electron chi connectivity index (χ4n) is 3.35. The summed E-state index contributed by atoms with van der Waals surface area (Å²) in [6, 6.07) is 19.0. The van der Waals surface area contributed by atoms with Gasteiger partial charge in [-0.15, -0.1) is 0 Å². The number of rotatable bonds is 8. The standard InChI is InChI=1S/C25H27FN2O3S/c1-4-24(20-9-5-18(2)6-10-20)27-25(29)17-28(22-13-11-21(26)12-14-22)32(30,31)23-15-7-19(3)8-16-23/h5-16,24H,4,17H2,1-3H3,(H,27,29). The predicted octanol–water partition coefficient (Wildman–Crippen LogP) is 4.91. The van der Waals surface area contributed by atoms with Crippen LogP contribution in [0, 0.1) is 19.7 Å². The van der Waals surface area contributed by atoms with Gasteiger partial charge in [-0.05, 0) is 62.2 Å². The largest absolute Gasteiger partial charge is 0.348 e. The van der Waals surface area contributed by atoms with Gasteiger partial charge in [-0.25, -0.2) is 12.8 Å². The number of amides is 1. The molecule has 1 unspecified atom stereocenters. The number of nitrogens with zero attached hydrogens (tertiary/aromatic N) is 1. The lowest BCUT2D eigenvalue weighted by Gasteiger charge is -2.26. The molecule has 3 aromatic carbocycles. The molecule has 0 aliphatic heterocycles. The Morgan fingerprint density at radius 1 is 0.906 bits per heavy atom. The molecule has 0 saturated heterocycles. The minimum Gasteiger partial charge on any atom is -0.348 e. The fourth-order valence-corrected chi connectivity index (χ4v) is 4.77. The number of anilines is 1. The van der Waals surface area contributed by atoms with Crippen LogP contribution in [-0.2, 0) is 14.8 Å². The first-order valence-electron chi connectivity index (χ1n) is 10.4. The quantitative estimate of drug-likeness (QED) is 0.526. The summed E-state index contributed by atoms with van der Waals surface area (Å²) in [5.41, 5.74) is 3.19. The van der Waals surface area contributed by atoms with Gasteiger partial charge in [-0.2, -0.15) is 0 Å². The van der Waals surface area contributed by atoms with E-state index in [9.17, 15) is 17.6 Å². The lowest BCUT2D eigenvalue weighted by atomic mass is 10.0. The smallest absolute Gasteiger partial charge is 0.264 e. The van der Waals surface area contributed by atoms with Crippen molar-refractivity contribution >= 4 is 21.6 Å². The lowest BCUT2D eigenvalue weighted by Crippen LogP contribution is -2.42. The molecule has 0 aliphatic rings. The van der Waals surface area contributed by atoms with Crippen LogP contribution < -0.4 is 9.62 Å². The number of hydrogen-bond acceptors (Lipinski definition) is 3. The van der Waals surface area contributed by atoms with Crippen LogP contribution >= 0.6 is 0 Å². The maximum atomic E-state index is 13.5. The van der Waals surface area contributed by atoms with Crippen LogP contribution in [0.1, 0.15) is 36.1 Å². The molecule has 1 atom stereocenters. The van der Waals surface area contributed by atoms with Gasteiger partial charge < -0.3 is 5.32 Å². The van der Waals surface area contributed by atoms with Crippen LogP contribution in [0.15, 0.2) is 77.7 Å². The Morgan fingerprint density at radius 3 is 1.97 bits per heavy atom. The summed E-state index contributed by atoms with van der Waals surface area (Å²) in [4.78, 5) is 13.0. The number of carbonyl (C=O) groups is 1. The molecule has 0 fully saturated rings. The van der Waals surface area contributed by atoms with E-state index in [2.05, 4.69) is 5.32 Å². The van der Waals surface area contributed by atoms with Crippen LogP contribution in [0.4, 0.5) is 10.1 Å². The van der Waals surface area contributed by atoms with Crippen LogP contribution in [0.2, 0.25) is 0 Å². The monoisotopic (exact) mass is 454 g/mol. The zero-order valence-electron chi connectivity index (χ0n) is 18.4. The van der Waals surface area contributed by atoms with Crippen LogP contribution in [-0.4, -0.2) is 20.9 Å². The molecule has 1 amide bonds.